The van der Waals surface area contributed by atoms with Crippen molar-refractivity contribution >= 4 is 39.2 Å². The van der Waals surface area contributed by atoms with E-state index < -0.39 is 0 Å². The Labute approximate surface area is 158 Å². The molecule has 0 N–H and O–H groups in total. The fraction of sp³-hybridized carbons (Fsp3) is 0.353. The molecule has 4 rings (SSSR count). The number of rotatable bonds is 4. The van der Waals surface area contributed by atoms with Crippen molar-refractivity contribution in [2.45, 2.75) is 6.54 Å². The molecule has 1 amide bonds. The maximum atomic E-state index is 12.5. The summed E-state index contributed by atoms with van der Waals surface area (Å²) >= 11 is 3.22. The Morgan fingerprint density at radius 2 is 2.12 bits per heavy atom. The first kappa shape index (κ1) is 17.2. The fourth-order valence-electron chi connectivity index (χ4n) is 2.76. The van der Waals surface area contributed by atoms with Crippen LogP contribution in [0.1, 0.15) is 10.5 Å². The first-order valence-electron chi connectivity index (χ1n) is 8.16. The van der Waals surface area contributed by atoms with E-state index in [1.54, 1.807) is 35.8 Å². The molecule has 0 saturated carbocycles. The number of thiazole rings is 1. The second-order valence-electron chi connectivity index (χ2n) is 5.78. The molecule has 1 aromatic carbocycles. The second kappa shape index (κ2) is 7.16. The van der Waals surface area contributed by atoms with Gasteiger partial charge in [-0.25, -0.2) is 0 Å². The molecule has 0 fully saturated rings. The quantitative estimate of drug-likeness (QED) is 0.684. The van der Waals surface area contributed by atoms with E-state index in [9.17, 15) is 4.79 Å². The molecule has 0 spiro atoms. The number of fused-ring (bicyclic) bond motifs is 2. The number of ether oxygens (including phenoxy) is 2. The topological polar surface area (TPSA) is 70.6 Å². The molecular weight excluding hydrogens is 372 g/mol. The van der Waals surface area contributed by atoms with Gasteiger partial charge in [0, 0.05) is 37.7 Å². The van der Waals surface area contributed by atoms with Crippen molar-refractivity contribution in [3.8, 4) is 11.5 Å². The van der Waals surface area contributed by atoms with E-state index in [4.69, 9.17) is 9.47 Å². The molecule has 0 saturated heterocycles. The first-order valence-corrected chi connectivity index (χ1v) is 10.4. The van der Waals surface area contributed by atoms with Gasteiger partial charge in [0.2, 0.25) is 0 Å². The van der Waals surface area contributed by atoms with Crippen LogP contribution in [0.25, 0.3) is 10.2 Å². The molecule has 1 aliphatic heterocycles. The molecule has 0 atom stereocenters. The third-order valence-electron chi connectivity index (χ3n) is 4.00. The van der Waals surface area contributed by atoms with Crippen LogP contribution in [0.4, 0.5) is 0 Å². The molecule has 1 aliphatic rings. The van der Waals surface area contributed by atoms with Gasteiger partial charge in [-0.1, -0.05) is 11.3 Å². The van der Waals surface area contributed by atoms with E-state index >= 15 is 0 Å². The monoisotopic (exact) mass is 390 g/mol. The number of aromatic nitrogens is 3. The number of thioether (sulfide) groups is 1. The maximum absolute atomic E-state index is 12.5. The Kier molecular flexibility index (Phi) is 4.73. The van der Waals surface area contributed by atoms with Crippen LogP contribution >= 0.6 is 23.1 Å². The largest absolute Gasteiger partial charge is 0.486 e. The van der Waals surface area contributed by atoms with Gasteiger partial charge in [-0.05, 0) is 12.3 Å². The van der Waals surface area contributed by atoms with E-state index in [1.165, 1.54) is 11.3 Å². The van der Waals surface area contributed by atoms with Crippen LogP contribution in [-0.4, -0.2) is 45.5 Å². The summed E-state index contributed by atoms with van der Waals surface area (Å²) in [5.74, 6) is 2.06. The van der Waals surface area contributed by atoms with Gasteiger partial charge in [0.05, 0.1) is 10.2 Å². The highest BCUT2D eigenvalue weighted by Crippen LogP contribution is 2.35. The van der Waals surface area contributed by atoms with E-state index in [0.717, 1.165) is 34.0 Å². The van der Waals surface area contributed by atoms with Crippen LogP contribution in [0, 0.1) is 0 Å². The average molecular weight is 390 g/mol. The standard InChI is InChI=1S/C17H18N4O3S2/c1-20-4-3-11(19-20)16(22)18-17-21(5-8-25-2)12-9-13-14(10-15(12)26-17)24-7-6-23-13/h3-4,9-10H,5-8H2,1-2H3. The number of benzene rings is 1. The first-order chi connectivity index (χ1) is 12.7. The SMILES string of the molecule is CSCCn1c(=NC(=O)c2ccn(C)n2)sc2cc3c(cc21)OCCO3. The van der Waals surface area contributed by atoms with Crippen molar-refractivity contribution in [2.75, 3.05) is 25.2 Å². The fourth-order valence-corrected chi connectivity index (χ4v) is 4.19. The number of amides is 1. The van der Waals surface area contributed by atoms with Crippen molar-refractivity contribution in [1.29, 1.82) is 0 Å². The summed E-state index contributed by atoms with van der Waals surface area (Å²) in [5.41, 5.74) is 1.34. The van der Waals surface area contributed by atoms with Crippen molar-refractivity contribution in [3.05, 3.63) is 34.9 Å². The minimum Gasteiger partial charge on any atom is -0.486 e. The third kappa shape index (κ3) is 3.24. The van der Waals surface area contributed by atoms with Gasteiger partial charge in [-0.15, -0.1) is 0 Å². The number of hydrogen-bond donors (Lipinski definition) is 0. The number of carbonyl (C=O) groups excluding carboxylic acids is 1. The lowest BCUT2D eigenvalue weighted by Crippen LogP contribution is -2.19. The van der Waals surface area contributed by atoms with E-state index in [0.29, 0.717) is 23.7 Å². The lowest BCUT2D eigenvalue weighted by Gasteiger charge is -2.18. The molecule has 2 aromatic heterocycles. The summed E-state index contributed by atoms with van der Waals surface area (Å²) in [5, 5.41) is 4.14. The van der Waals surface area contributed by atoms with Gasteiger partial charge in [0.1, 0.15) is 13.2 Å². The Balaban J connectivity index is 1.84. The molecule has 9 heteroatoms. The molecule has 7 nitrogen and oxygen atoms in total. The normalized spacial score (nSPS) is 14.2. The highest BCUT2D eigenvalue weighted by Gasteiger charge is 2.17. The molecule has 0 unspecified atom stereocenters. The maximum Gasteiger partial charge on any atom is 0.300 e. The molecule has 0 bridgehead atoms. The summed E-state index contributed by atoms with van der Waals surface area (Å²) in [6, 6.07) is 5.62. The lowest BCUT2D eigenvalue weighted by atomic mass is 10.2. The van der Waals surface area contributed by atoms with Crippen LogP contribution in [-0.2, 0) is 13.6 Å². The highest BCUT2D eigenvalue weighted by molar-refractivity contribution is 7.98. The van der Waals surface area contributed by atoms with E-state index in [-0.39, 0.29) is 5.91 Å². The Morgan fingerprint density at radius 1 is 1.35 bits per heavy atom. The number of nitrogens with zero attached hydrogens (tertiary/aromatic N) is 4. The zero-order valence-electron chi connectivity index (χ0n) is 14.5. The van der Waals surface area contributed by atoms with Crippen LogP contribution in [0.5, 0.6) is 11.5 Å². The summed E-state index contributed by atoms with van der Waals surface area (Å²) in [6.07, 6.45) is 3.79. The Morgan fingerprint density at radius 3 is 2.81 bits per heavy atom. The highest BCUT2D eigenvalue weighted by atomic mass is 32.2. The summed E-state index contributed by atoms with van der Waals surface area (Å²) in [4.78, 5) is 17.5. The molecule has 26 heavy (non-hydrogen) atoms. The summed E-state index contributed by atoms with van der Waals surface area (Å²) in [7, 11) is 1.78. The molecular formula is C17H18N4O3S2. The van der Waals surface area contributed by atoms with Gasteiger partial charge < -0.3 is 14.0 Å². The molecule has 3 heterocycles. The zero-order chi connectivity index (χ0) is 18.1. The van der Waals surface area contributed by atoms with Crippen LogP contribution in [0.3, 0.4) is 0 Å². The Bertz CT molecular complexity index is 1030. The minimum absolute atomic E-state index is 0.340. The summed E-state index contributed by atoms with van der Waals surface area (Å²) < 4.78 is 16.1. The van der Waals surface area contributed by atoms with E-state index in [2.05, 4.69) is 20.9 Å². The van der Waals surface area contributed by atoms with Gasteiger partial charge >= 0.3 is 0 Å². The third-order valence-corrected chi connectivity index (χ3v) is 5.63. The smallest absolute Gasteiger partial charge is 0.300 e. The predicted octanol–water partition coefficient (Wildman–Crippen LogP) is 2.31. The molecule has 3 aromatic rings. The van der Waals surface area contributed by atoms with Crippen molar-refractivity contribution in [1.82, 2.24) is 14.3 Å². The minimum atomic E-state index is -0.340. The predicted molar refractivity (Wildman–Crippen MR) is 102 cm³/mol. The van der Waals surface area contributed by atoms with Crippen LogP contribution in [0.2, 0.25) is 0 Å². The van der Waals surface area contributed by atoms with Crippen LogP contribution in [0.15, 0.2) is 29.4 Å². The van der Waals surface area contributed by atoms with Gasteiger partial charge in [-0.3, -0.25) is 9.48 Å². The number of hydrogen-bond acceptors (Lipinski definition) is 6. The van der Waals surface area contributed by atoms with Gasteiger partial charge in [0.25, 0.3) is 5.91 Å². The summed E-state index contributed by atoms with van der Waals surface area (Å²) in [6.45, 7) is 1.85. The van der Waals surface area contributed by atoms with E-state index in [1.807, 2.05) is 12.1 Å². The second-order valence-corrected chi connectivity index (χ2v) is 7.78. The number of aryl methyl sites for hydroxylation is 2. The van der Waals surface area contributed by atoms with Crippen molar-refractivity contribution in [2.24, 2.45) is 12.0 Å². The molecule has 0 radical (unpaired) electrons. The average Bonchev–Trinajstić information content (AvgIpc) is 3.21. The molecule has 0 aliphatic carbocycles. The van der Waals surface area contributed by atoms with Gasteiger partial charge in [-0.2, -0.15) is 21.9 Å². The zero-order valence-corrected chi connectivity index (χ0v) is 16.1. The van der Waals surface area contributed by atoms with Crippen molar-refractivity contribution in [3.63, 3.8) is 0 Å². The van der Waals surface area contributed by atoms with Crippen LogP contribution < -0.4 is 14.3 Å². The van der Waals surface area contributed by atoms with Gasteiger partial charge in [0.15, 0.2) is 22.0 Å². The lowest BCUT2D eigenvalue weighted by molar-refractivity contribution is 0.0992. The number of carbonyl (C=O) groups is 1. The van der Waals surface area contributed by atoms with Crippen molar-refractivity contribution < 1.29 is 14.3 Å². The Hall–Kier alpha value is -2.26. The molecule has 136 valence electrons.